The van der Waals surface area contributed by atoms with Crippen molar-refractivity contribution in [2.45, 2.75) is 24.9 Å². The second-order valence-corrected chi connectivity index (χ2v) is 9.34. The summed E-state index contributed by atoms with van der Waals surface area (Å²) >= 11 is 7.52. The highest BCUT2D eigenvalue weighted by molar-refractivity contribution is 7.83. The van der Waals surface area contributed by atoms with Gasteiger partial charge in [0.2, 0.25) is 0 Å². The van der Waals surface area contributed by atoms with Crippen LogP contribution in [-0.4, -0.2) is 19.2 Å². The summed E-state index contributed by atoms with van der Waals surface area (Å²) in [5, 5.41) is 3.73. The Bertz CT molecular complexity index is 1140. The van der Waals surface area contributed by atoms with Crippen LogP contribution in [0.5, 0.6) is 0 Å². The number of fused-ring (bicyclic) bond motifs is 1. The molecule has 2 aromatic heterocycles. The van der Waals surface area contributed by atoms with Gasteiger partial charge in [0.1, 0.15) is 0 Å². The lowest BCUT2D eigenvalue weighted by molar-refractivity contribution is 0.681. The molecule has 0 saturated heterocycles. The van der Waals surface area contributed by atoms with E-state index in [1.54, 1.807) is 11.3 Å². The largest absolute Gasteiger partial charge is 0.259 e. The van der Waals surface area contributed by atoms with Crippen LogP contribution in [0.25, 0.3) is 11.0 Å². The number of nitrogens with zero attached hydrogens (tertiary/aromatic N) is 3. The van der Waals surface area contributed by atoms with Crippen molar-refractivity contribution >= 4 is 44.8 Å². The van der Waals surface area contributed by atoms with Crippen LogP contribution in [0.4, 0.5) is 0 Å². The van der Waals surface area contributed by atoms with Gasteiger partial charge in [-0.25, -0.2) is 15.0 Å². The number of hydrogen-bond donors (Lipinski definition) is 0. The molecule has 4 rings (SSSR count). The normalized spacial score (nSPS) is 12.4. The van der Waals surface area contributed by atoms with Crippen molar-refractivity contribution in [3.63, 3.8) is 0 Å². The molecule has 7 heteroatoms. The fourth-order valence-corrected chi connectivity index (χ4v) is 5.12. The molecule has 0 saturated carbocycles. The van der Waals surface area contributed by atoms with Gasteiger partial charge >= 0.3 is 0 Å². The van der Waals surface area contributed by atoms with Crippen LogP contribution in [0.3, 0.4) is 0 Å². The van der Waals surface area contributed by atoms with Crippen molar-refractivity contribution in [2.24, 2.45) is 0 Å². The number of aryl methyl sites for hydroxylation is 1. The third kappa shape index (κ3) is 4.63. The summed E-state index contributed by atoms with van der Waals surface area (Å²) in [5.41, 5.74) is 5.33. The van der Waals surface area contributed by atoms with Gasteiger partial charge in [-0.05, 0) is 36.8 Å². The SMILES string of the molecule is Cc1nc2ccccc2nc1C[S@](=O)Cc1csc(Cc2ccc(Cl)cc2)n1. The van der Waals surface area contributed by atoms with Crippen molar-refractivity contribution in [3.05, 3.63) is 86.6 Å². The van der Waals surface area contributed by atoms with Crippen LogP contribution in [0.1, 0.15) is 27.7 Å². The minimum absolute atomic E-state index is 0.383. The minimum Gasteiger partial charge on any atom is -0.259 e. The van der Waals surface area contributed by atoms with E-state index in [9.17, 15) is 4.21 Å². The number of para-hydroxylation sites is 2. The molecule has 0 bridgehead atoms. The molecule has 2 heterocycles. The predicted octanol–water partition coefficient (Wildman–Crippen LogP) is 5.09. The molecule has 1 atom stereocenters. The monoisotopic (exact) mass is 427 g/mol. The first kappa shape index (κ1) is 19.2. The number of benzene rings is 2. The molecule has 0 spiro atoms. The molecule has 0 aliphatic carbocycles. The summed E-state index contributed by atoms with van der Waals surface area (Å²) < 4.78 is 12.7. The van der Waals surface area contributed by atoms with Crippen molar-refractivity contribution in [1.29, 1.82) is 0 Å². The van der Waals surface area contributed by atoms with Crippen molar-refractivity contribution in [2.75, 3.05) is 0 Å². The lowest BCUT2D eigenvalue weighted by atomic mass is 10.2. The fraction of sp³-hybridized carbons (Fsp3) is 0.190. The van der Waals surface area contributed by atoms with Gasteiger partial charge in [-0.2, -0.15) is 0 Å². The quantitative estimate of drug-likeness (QED) is 0.430. The van der Waals surface area contributed by atoms with Crippen LogP contribution < -0.4 is 0 Å². The van der Waals surface area contributed by atoms with Crippen LogP contribution in [-0.2, 0) is 28.7 Å². The van der Waals surface area contributed by atoms with Crippen LogP contribution in [0, 0.1) is 6.92 Å². The second-order valence-electron chi connectivity index (χ2n) is 6.51. The van der Waals surface area contributed by atoms with Gasteiger partial charge in [-0.3, -0.25) is 4.21 Å². The summed E-state index contributed by atoms with van der Waals surface area (Å²) in [4.78, 5) is 13.9. The van der Waals surface area contributed by atoms with Gasteiger partial charge in [-0.15, -0.1) is 11.3 Å². The van der Waals surface area contributed by atoms with Gasteiger partial charge in [0.25, 0.3) is 0 Å². The minimum atomic E-state index is -1.09. The van der Waals surface area contributed by atoms with E-state index in [0.717, 1.165) is 50.1 Å². The maximum atomic E-state index is 12.7. The van der Waals surface area contributed by atoms with Crippen molar-refractivity contribution < 1.29 is 4.21 Å². The Kier molecular flexibility index (Phi) is 5.80. The first-order chi connectivity index (χ1) is 13.6. The van der Waals surface area contributed by atoms with E-state index in [1.165, 1.54) is 0 Å². The van der Waals surface area contributed by atoms with Gasteiger partial charge in [-0.1, -0.05) is 35.9 Å². The molecule has 0 fully saturated rings. The molecule has 0 radical (unpaired) electrons. The van der Waals surface area contributed by atoms with Gasteiger partial charge in [0, 0.05) is 27.6 Å². The number of aromatic nitrogens is 3. The van der Waals surface area contributed by atoms with Gasteiger partial charge in [0.05, 0.1) is 44.6 Å². The Balaban J connectivity index is 1.42. The van der Waals surface area contributed by atoms with Crippen LogP contribution >= 0.6 is 22.9 Å². The zero-order chi connectivity index (χ0) is 19.5. The van der Waals surface area contributed by atoms with Gasteiger partial charge in [0.15, 0.2) is 0 Å². The van der Waals surface area contributed by atoms with E-state index >= 15 is 0 Å². The maximum Gasteiger partial charge on any atom is 0.0972 e. The topological polar surface area (TPSA) is 55.7 Å². The van der Waals surface area contributed by atoms with Crippen molar-refractivity contribution in [3.8, 4) is 0 Å². The van der Waals surface area contributed by atoms with E-state index < -0.39 is 10.8 Å². The molecule has 28 heavy (non-hydrogen) atoms. The van der Waals surface area contributed by atoms with E-state index in [-0.39, 0.29) is 0 Å². The average molecular weight is 428 g/mol. The highest BCUT2D eigenvalue weighted by Gasteiger charge is 2.12. The lowest BCUT2D eigenvalue weighted by Crippen LogP contribution is -2.05. The lowest BCUT2D eigenvalue weighted by Gasteiger charge is -2.06. The molecule has 4 nitrogen and oxygen atoms in total. The maximum absolute atomic E-state index is 12.7. The highest BCUT2D eigenvalue weighted by Crippen LogP contribution is 2.19. The standard InChI is InChI=1S/C21H18ClN3OS2/c1-14-20(25-19-5-3-2-4-18(19)23-14)13-28(26)12-17-11-27-21(24-17)10-15-6-8-16(22)9-7-15/h2-9,11H,10,12-13H2,1H3/t28-/m1/s1. The summed E-state index contributed by atoms with van der Waals surface area (Å²) in [6.07, 6.45) is 0.754. The summed E-state index contributed by atoms with van der Waals surface area (Å²) in [6, 6.07) is 15.5. The van der Waals surface area contributed by atoms with E-state index in [0.29, 0.717) is 11.5 Å². The summed E-state index contributed by atoms with van der Waals surface area (Å²) in [7, 11) is -1.09. The summed E-state index contributed by atoms with van der Waals surface area (Å²) in [6.45, 7) is 1.92. The molecule has 0 aliphatic rings. The molecule has 0 N–H and O–H groups in total. The number of thiazole rings is 1. The number of rotatable bonds is 6. The first-order valence-corrected chi connectivity index (χ1v) is 11.6. The zero-order valence-electron chi connectivity index (χ0n) is 15.3. The highest BCUT2D eigenvalue weighted by atomic mass is 35.5. The Morgan fingerprint density at radius 3 is 2.43 bits per heavy atom. The third-order valence-corrected chi connectivity index (χ3v) is 6.68. The van der Waals surface area contributed by atoms with E-state index in [4.69, 9.17) is 11.6 Å². The Morgan fingerprint density at radius 1 is 0.964 bits per heavy atom. The molecule has 0 unspecified atom stereocenters. The zero-order valence-corrected chi connectivity index (χ0v) is 17.7. The molecule has 4 aromatic rings. The first-order valence-electron chi connectivity index (χ1n) is 8.82. The second kappa shape index (κ2) is 8.47. The van der Waals surface area contributed by atoms with E-state index in [1.807, 2.05) is 60.8 Å². The van der Waals surface area contributed by atoms with Gasteiger partial charge < -0.3 is 0 Å². The Labute approximate surface area is 175 Å². The smallest absolute Gasteiger partial charge is 0.0972 e. The molecule has 142 valence electrons. The Morgan fingerprint density at radius 2 is 1.68 bits per heavy atom. The average Bonchev–Trinajstić information content (AvgIpc) is 3.11. The number of halogens is 1. The van der Waals surface area contributed by atoms with Crippen molar-refractivity contribution in [1.82, 2.24) is 15.0 Å². The van der Waals surface area contributed by atoms with Crippen LogP contribution in [0.2, 0.25) is 5.02 Å². The van der Waals surface area contributed by atoms with E-state index in [2.05, 4.69) is 15.0 Å². The predicted molar refractivity (Wildman–Crippen MR) is 116 cm³/mol. The number of hydrogen-bond acceptors (Lipinski definition) is 5. The van der Waals surface area contributed by atoms with Crippen LogP contribution in [0.15, 0.2) is 53.9 Å². The molecular formula is C21H18ClN3OS2. The fourth-order valence-electron chi connectivity index (χ4n) is 2.90. The molecule has 0 amide bonds. The summed E-state index contributed by atoms with van der Waals surface area (Å²) in [5.74, 6) is 0.804. The Hall–Kier alpha value is -2.15. The molecule has 2 aromatic carbocycles. The molecule has 0 aliphatic heterocycles. The third-order valence-electron chi connectivity index (χ3n) is 4.32. The molecular weight excluding hydrogens is 410 g/mol.